The van der Waals surface area contributed by atoms with Gasteiger partial charge < -0.3 is 29.0 Å². The van der Waals surface area contributed by atoms with Crippen molar-refractivity contribution in [3.8, 4) is 23.0 Å². The van der Waals surface area contributed by atoms with E-state index in [-0.39, 0.29) is 6.61 Å². The zero-order chi connectivity index (χ0) is 24.0. The van der Waals surface area contributed by atoms with Crippen molar-refractivity contribution in [3.63, 3.8) is 0 Å². The molecule has 7 nitrogen and oxygen atoms in total. The Morgan fingerprint density at radius 2 is 1.48 bits per heavy atom. The van der Waals surface area contributed by atoms with Crippen molar-refractivity contribution in [3.05, 3.63) is 40.4 Å². The van der Waals surface area contributed by atoms with E-state index in [2.05, 4.69) is 9.80 Å². The van der Waals surface area contributed by atoms with E-state index in [4.69, 9.17) is 30.5 Å². The van der Waals surface area contributed by atoms with Gasteiger partial charge in [0.15, 0.2) is 11.5 Å². The van der Waals surface area contributed by atoms with Crippen LogP contribution >= 0.6 is 11.6 Å². The van der Waals surface area contributed by atoms with Gasteiger partial charge in [0, 0.05) is 50.5 Å². The molecule has 0 aromatic heterocycles. The molecule has 1 aliphatic heterocycles. The summed E-state index contributed by atoms with van der Waals surface area (Å²) in [7, 11) is 4.86. The lowest BCUT2D eigenvalue weighted by atomic mass is 10.1. The van der Waals surface area contributed by atoms with Crippen LogP contribution in [0.2, 0.25) is 5.02 Å². The van der Waals surface area contributed by atoms with E-state index in [0.29, 0.717) is 34.4 Å². The first kappa shape index (κ1) is 25.3. The summed E-state index contributed by atoms with van der Waals surface area (Å²) in [6.07, 6.45) is 0.0999. The molecular weight excluding hydrogens is 444 g/mol. The second-order valence-corrected chi connectivity index (χ2v) is 8.74. The lowest BCUT2D eigenvalue weighted by molar-refractivity contribution is 0.0866. The van der Waals surface area contributed by atoms with Gasteiger partial charge in [-0.25, -0.2) is 0 Å². The predicted octanol–water partition coefficient (Wildman–Crippen LogP) is 3.93. The molecule has 1 atom stereocenters. The van der Waals surface area contributed by atoms with E-state index in [1.54, 1.807) is 21.3 Å². The van der Waals surface area contributed by atoms with Gasteiger partial charge in [-0.05, 0) is 43.5 Å². The van der Waals surface area contributed by atoms with Crippen molar-refractivity contribution in [2.75, 3.05) is 65.6 Å². The number of nitrogens with zero attached hydrogens (tertiary/aromatic N) is 2. The fourth-order valence-electron chi connectivity index (χ4n) is 3.95. The van der Waals surface area contributed by atoms with Crippen molar-refractivity contribution in [1.29, 1.82) is 0 Å². The van der Waals surface area contributed by atoms with Crippen LogP contribution in [0.5, 0.6) is 23.0 Å². The second kappa shape index (κ2) is 11.7. The Kier molecular flexibility index (Phi) is 8.95. The van der Waals surface area contributed by atoms with E-state index in [1.165, 1.54) is 0 Å². The molecule has 1 heterocycles. The maximum Gasteiger partial charge on any atom is 0.203 e. The number of aryl methyl sites for hydroxylation is 2. The molecule has 1 saturated heterocycles. The maximum absolute atomic E-state index is 10.4. The molecule has 1 N–H and O–H groups in total. The molecule has 0 radical (unpaired) electrons. The molecule has 2 aromatic carbocycles. The molecule has 1 unspecified atom stereocenters. The summed E-state index contributed by atoms with van der Waals surface area (Å²) < 4.78 is 22.2. The Morgan fingerprint density at radius 1 is 0.879 bits per heavy atom. The standard InChI is InChI=1S/C25H35ClN2O5/c1-17-12-21(26)22(13-18(17)2)33-16-20(29)6-7-27-8-10-28(11-9-27)19-14-23(30-3)25(32-5)24(15-19)31-4/h12-15,20,29H,6-11,16H2,1-5H3. The molecule has 8 heteroatoms. The minimum absolute atomic E-state index is 0.230. The Balaban J connectivity index is 1.47. The van der Waals surface area contributed by atoms with Crippen LogP contribution in [-0.2, 0) is 0 Å². The van der Waals surface area contributed by atoms with Crippen LogP contribution < -0.4 is 23.8 Å². The van der Waals surface area contributed by atoms with Gasteiger partial charge >= 0.3 is 0 Å². The minimum Gasteiger partial charge on any atom is -0.493 e. The minimum atomic E-state index is -0.546. The molecule has 2 aromatic rings. The van der Waals surface area contributed by atoms with Crippen LogP contribution in [0.1, 0.15) is 17.5 Å². The van der Waals surface area contributed by atoms with Crippen LogP contribution in [0, 0.1) is 13.8 Å². The molecule has 0 bridgehead atoms. The summed E-state index contributed by atoms with van der Waals surface area (Å²) in [4.78, 5) is 4.67. The monoisotopic (exact) mass is 478 g/mol. The highest BCUT2D eigenvalue weighted by atomic mass is 35.5. The fraction of sp³-hybridized carbons (Fsp3) is 0.520. The lowest BCUT2D eigenvalue weighted by Gasteiger charge is -2.36. The van der Waals surface area contributed by atoms with Gasteiger partial charge in [-0.2, -0.15) is 0 Å². The predicted molar refractivity (Wildman–Crippen MR) is 132 cm³/mol. The topological polar surface area (TPSA) is 63.6 Å². The number of aliphatic hydroxyl groups excluding tert-OH is 1. The summed E-state index contributed by atoms with van der Waals surface area (Å²) in [5, 5.41) is 11.0. The first-order chi connectivity index (χ1) is 15.9. The highest BCUT2D eigenvalue weighted by Crippen LogP contribution is 2.41. The molecule has 0 spiro atoms. The molecule has 33 heavy (non-hydrogen) atoms. The Morgan fingerprint density at radius 3 is 2.06 bits per heavy atom. The largest absolute Gasteiger partial charge is 0.493 e. The second-order valence-electron chi connectivity index (χ2n) is 8.33. The van der Waals surface area contributed by atoms with Gasteiger partial charge in [-0.15, -0.1) is 0 Å². The van der Waals surface area contributed by atoms with Crippen LogP contribution in [-0.4, -0.2) is 76.8 Å². The van der Waals surface area contributed by atoms with Gasteiger partial charge in [0.05, 0.1) is 32.5 Å². The van der Waals surface area contributed by atoms with Crippen molar-refractivity contribution in [2.45, 2.75) is 26.4 Å². The first-order valence-electron chi connectivity index (χ1n) is 11.2. The van der Waals surface area contributed by atoms with E-state index < -0.39 is 6.10 Å². The maximum atomic E-state index is 10.4. The number of benzene rings is 2. The van der Waals surface area contributed by atoms with Gasteiger partial charge in [-0.3, -0.25) is 4.90 Å². The molecule has 3 rings (SSSR count). The smallest absolute Gasteiger partial charge is 0.203 e. The van der Waals surface area contributed by atoms with Gasteiger partial charge in [0.2, 0.25) is 5.75 Å². The number of piperazine rings is 1. The molecule has 0 amide bonds. The van der Waals surface area contributed by atoms with Crippen molar-refractivity contribution in [1.82, 2.24) is 4.90 Å². The number of rotatable bonds is 10. The number of hydrogen-bond donors (Lipinski definition) is 1. The third-order valence-corrected chi connectivity index (χ3v) is 6.44. The highest BCUT2D eigenvalue weighted by Gasteiger charge is 2.21. The molecule has 0 saturated carbocycles. The summed E-state index contributed by atoms with van der Waals surface area (Å²) >= 11 is 6.26. The van der Waals surface area contributed by atoms with Gasteiger partial charge in [0.25, 0.3) is 0 Å². The quantitative estimate of drug-likeness (QED) is 0.555. The molecule has 1 fully saturated rings. The molecule has 182 valence electrons. The van der Waals surface area contributed by atoms with E-state index in [1.807, 2.05) is 38.1 Å². The van der Waals surface area contributed by atoms with Crippen LogP contribution in [0.3, 0.4) is 0 Å². The normalized spacial score (nSPS) is 15.3. The van der Waals surface area contributed by atoms with E-state index >= 15 is 0 Å². The number of hydrogen-bond acceptors (Lipinski definition) is 7. The van der Waals surface area contributed by atoms with Crippen molar-refractivity contribution in [2.24, 2.45) is 0 Å². The number of methoxy groups -OCH3 is 3. The summed E-state index contributed by atoms with van der Waals surface area (Å²) in [5.41, 5.74) is 3.29. The zero-order valence-electron chi connectivity index (χ0n) is 20.2. The average molecular weight is 479 g/mol. The summed E-state index contributed by atoms with van der Waals surface area (Å²) in [5.74, 6) is 2.53. The third-order valence-electron chi connectivity index (χ3n) is 6.14. The van der Waals surface area contributed by atoms with E-state index in [0.717, 1.165) is 49.5 Å². The highest BCUT2D eigenvalue weighted by molar-refractivity contribution is 6.32. The summed E-state index contributed by atoms with van der Waals surface area (Å²) in [6, 6.07) is 7.78. The van der Waals surface area contributed by atoms with Gasteiger partial charge in [-0.1, -0.05) is 11.6 Å². The Labute approximate surface area is 201 Å². The van der Waals surface area contributed by atoms with Crippen LogP contribution in [0.25, 0.3) is 0 Å². The van der Waals surface area contributed by atoms with Crippen molar-refractivity contribution < 1.29 is 24.1 Å². The number of halogens is 1. The SMILES string of the molecule is COc1cc(N2CCN(CCC(O)COc3cc(C)c(C)cc3Cl)CC2)cc(OC)c1OC. The fourth-order valence-corrected chi connectivity index (χ4v) is 4.22. The number of anilines is 1. The van der Waals surface area contributed by atoms with Crippen LogP contribution in [0.4, 0.5) is 5.69 Å². The molecule has 0 aliphatic carbocycles. The molecular formula is C25H35ClN2O5. The van der Waals surface area contributed by atoms with Crippen LogP contribution in [0.15, 0.2) is 24.3 Å². The van der Waals surface area contributed by atoms with Crippen molar-refractivity contribution >= 4 is 17.3 Å². The average Bonchev–Trinajstić information content (AvgIpc) is 2.83. The number of ether oxygens (including phenoxy) is 4. The first-order valence-corrected chi connectivity index (χ1v) is 11.6. The Hall–Kier alpha value is -2.35. The Bertz CT molecular complexity index is 906. The van der Waals surface area contributed by atoms with Gasteiger partial charge in [0.1, 0.15) is 12.4 Å². The number of aliphatic hydroxyl groups is 1. The summed E-state index contributed by atoms with van der Waals surface area (Å²) in [6.45, 7) is 8.66. The van der Waals surface area contributed by atoms with E-state index in [9.17, 15) is 5.11 Å². The zero-order valence-corrected chi connectivity index (χ0v) is 20.9. The molecule has 1 aliphatic rings. The third kappa shape index (κ3) is 6.37. The lowest BCUT2D eigenvalue weighted by Crippen LogP contribution is -2.47.